The Bertz CT molecular complexity index is 1440. The van der Waals surface area contributed by atoms with Crippen LogP contribution in [-0.4, -0.2) is 21.4 Å². The lowest BCUT2D eigenvalue weighted by Gasteiger charge is -2.21. The summed E-state index contributed by atoms with van der Waals surface area (Å²) >= 11 is 0. The van der Waals surface area contributed by atoms with E-state index in [0.29, 0.717) is 40.0 Å². The molecule has 5 rings (SSSR count). The van der Waals surface area contributed by atoms with Gasteiger partial charge in [-0.25, -0.2) is 9.97 Å². The van der Waals surface area contributed by atoms with Crippen molar-refractivity contribution in [2.75, 3.05) is 4.90 Å². The van der Waals surface area contributed by atoms with Crippen LogP contribution in [0, 0.1) is 11.3 Å². The molecule has 0 aliphatic rings. The zero-order chi connectivity index (χ0) is 21.2. The number of nitrogens with one attached hydrogen (secondary N) is 1. The number of rotatable bonds is 5. The van der Waals surface area contributed by atoms with Crippen LogP contribution in [0.2, 0.25) is 0 Å². The predicted octanol–water partition coefficient (Wildman–Crippen LogP) is 5.07. The van der Waals surface area contributed by atoms with Gasteiger partial charge in [0.25, 0.3) is 0 Å². The minimum atomic E-state index is 0.336. The number of fused-ring (bicyclic) bond motifs is 2. The molecule has 3 aromatic carbocycles. The summed E-state index contributed by atoms with van der Waals surface area (Å²) < 4.78 is 5.83. The number of hydrogen-bond donors (Lipinski definition) is 1. The van der Waals surface area contributed by atoms with Gasteiger partial charge in [0.2, 0.25) is 6.41 Å². The van der Waals surface area contributed by atoms with Crippen LogP contribution in [0.3, 0.4) is 0 Å². The Morgan fingerprint density at radius 3 is 2.39 bits per heavy atom. The van der Waals surface area contributed by atoms with Gasteiger partial charge >= 0.3 is 0 Å². The molecule has 7 heteroatoms. The summed E-state index contributed by atoms with van der Waals surface area (Å²) in [6, 6.07) is 22.4. The Labute approximate surface area is 177 Å². The number of amides is 1. The van der Waals surface area contributed by atoms with Crippen LogP contribution >= 0.6 is 0 Å². The number of H-pyrrole nitrogens is 1. The molecule has 7 nitrogen and oxygen atoms in total. The van der Waals surface area contributed by atoms with Crippen LogP contribution in [0.4, 0.5) is 11.4 Å². The molecule has 2 aromatic heterocycles. The zero-order valence-corrected chi connectivity index (χ0v) is 16.2. The SMILES string of the molecule is N#Cc1c[nH]c2cc3ncnc3cc2c1N(C=O)c1ccc(Oc2ccccc2)cc1. The number of aromatic amines is 1. The first-order valence-corrected chi connectivity index (χ1v) is 9.50. The van der Waals surface area contributed by atoms with Crippen molar-refractivity contribution in [3.63, 3.8) is 0 Å². The zero-order valence-electron chi connectivity index (χ0n) is 16.2. The lowest BCUT2D eigenvalue weighted by Crippen LogP contribution is -2.16. The fourth-order valence-electron chi connectivity index (χ4n) is 3.50. The third-order valence-electron chi connectivity index (χ3n) is 4.95. The van der Waals surface area contributed by atoms with Crippen molar-refractivity contribution in [1.82, 2.24) is 15.0 Å². The standard InChI is InChI=1S/C24H15N5O2/c25-12-16-13-26-21-11-23-22(27-14-28-23)10-20(21)24(16)29(15-30)17-6-8-19(9-7-17)31-18-4-2-1-3-5-18/h1-11,13-15,26H. The Morgan fingerprint density at radius 1 is 0.968 bits per heavy atom. The highest BCUT2D eigenvalue weighted by Crippen LogP contribution is 2.36. The van der Waals surface area contributed by atoms with Crippen molar-refractivity contribution in [2.24, 2.45) is 0 Å². The van der Waals surface area contributed by atoms with E-state index in [2.05, 4.69) is 21.0 Å². The number of nitriles is 1. The summed E-state index contributed by atoms with van der Waals surface area (Å²) in [5.41, 5.74) is 3.59. The van der Waals surface area contributed by atoms with E-state index in [1.807, 2.05) is 42.5 Å². The number of ether oxygens (including phenoxy) is 1. The second-order valence-electron chi connectivity index (χ2n) is 6.81. The molecule has 2 heterocycles. The average molecular weight is 405 g/mol. The first kappa shape index (κ1) is 18.3. The number of para-hydroxylation sites is 1. The van der Waals surface area contributed by atoms with Gasteiger partial charge in [-0.1, -0.05) is 18.2 Å². The van der Waals surface area contributed by atoms with E-state index < -0.39 is 0 Å². The minimum Gasteiger partial charge on any atom is -0.457 e. The highest BCUT2D eigenvalue weighted by atomic mass is 16.5. The molecule has 148 valence electrons. The van der Waals surface area contributed by atoms with E-state index in [9.17, 15) is 10.1 Å². The molecular formula is C24H15N5O2. The molecule has 0 unspecified atom stereocenters. The lowest BCUT2D eigenvalue weighted by molar-refractivity contribution is -0.106. The maximum atomic E-state index is 12.2. The van der Waals surface area contributed by atoms with E-state index in [1.165, 1.54) is 11.2 Å². The van der Waals surface area contributed by atoms with Gasteiger partial charge in [0.05, 0.1) is 22.3 Å². The summed E-state index contributed by atoms with van der Waals surface area (Å²) in [6.07, 6.45) is 3.77. The normalized spacial score (nSPS) is 10.7. The van der Waals surface area contributed by atoms with Crippen molar-refractivity contribution >= 4 is 39.7 Å². The molecule has 0 saturated heterocycles. The van der Waals surface area contributed by atoms with Gasteiger partial charge in [-0.2, -0.15) is 5.26 Å². The fourth-order valence-corrected chi connectivity index (χ4v) is 3.50. The first-order chi connectivity index (χ1) is 15.3. The number of hydrogen-bond acceptors (Lipinski definition) is 5. The number of anilines is 2. The van der Waals surface area contributed by atoms with Gasteiger partial charge in [-0.05, 0) is 48.5 Å². The summed E-state index contributed by atoms with van der Waals surface area (Å²) in [5, 5.41) is 10.4. The molecule has 0 bridgehead atoms. The molecule has 0 saturated carbocycles. The van der Waals surface area contributed by atoms with Crippen molar-refractivity contribution in [1.29, 1.82) is 5.26 Å². The second kappa shape index (κ2) is 7.61. The Balaban J connectivity index is 1.59. The first-order valence-electron chi connectivity index (χ1n) is 9.50. The highest BCUT2D eigenvalue weighted by molar-refractivity contribution is 6.06. The smallest absolute Gasteiger partial charge is 0.218 e. The number of nitrogens with zero attached hydrogens (tertiary/aromatic N) is 4. The van der Waals surface area contributed by atoms with E-state index in [-0.39, 0.29) is 0 Å². The maximum Gasteiger partial charge on any atom is 0.218 e. The summed E-state index contributed by atoms with van der Waals surface area (Å²) in [5.74, 6) is 1.36. The Morgan fingerprint density at radius 2 is 1.68 bits per heavy atom. The lowest BCUT2D eigenvalue weighted by atomic mass is 10.1. The Hall–Kier alpha value is -4.70. The number of carbonyl (C=O) groups is 1. The van der Waals surface area contributed by atoms with Gasteiger partial charge in [-0.3, -0.25) is 9.69 Å². The van der Waals surface area contributed by atoms with E-state index >= 15 is 0 Å². The quantitative estimate of drug-likeness (QED) is 0.412. The van der Waals surface area contributed by atoms with Gasteiger partial charge in [0.15, 0.2) is 0 Å². The van der Waals surface area contributed by atoms with Crippen molar-refractivity contribution in [3.05, 3.63) is 84.8 Å². The number of carbonyl (C=O) groups excluding carboxylic acids is 1. The molecule has 0 aliphatic carbocycles. The average Bonchev–Trinajstić information content (AvgIpc) is 3.27. The molecule has 31 heavy (non-hydrogen) atoms. The molecule has 0 atom stereocenters. The summed E-state index contributed by atoms with van der Waals surface area (Å²) in [6.45, 7) is 0. The van der Waals surface area contributed by atoms with Gasteiger partial charge < -0.3 is 9.72 Å². The van der Waals surface area contributed by atoms with Crippen LogP contribution in [-0.2, 0) is 4.79 Å². The molecule has 1 amide bonds. The Kier molecular flexibility index (Phi) is 4.50. The van der Waals surface area contributed by atoms with Gasteiger partial charge in [0, 0.05) is 22.8 Å². The van der Waals surface area contributed by atoms with E-state index in [1.54, 1.807) is 30.5 Å². The molecule has 0 fully saturated rings. The molecule has 0 aliphatic heterocycles. The number of imidazole rings is 1. The van der Waals surface area contributed by atoms with Crippen LogP contribution < -0.4 is 9.64 Å². The molecule has 5 aromatic rings. The van der Waals surface area contributed by atoms with Crippen LogP contribution in [0.15, 0.2) is 79.3 Å². The fraction of sp³-hybridized carbons (Fsp3) is 0. The highest BCUT2D eigenvalue weighted by Gasteiger charge is 2.18. The maximum absolute atomic E-state index is 12.2. The predicted molar refractivity (Wildman–Crippen MR) is 117 cm³/mol. The number of pyridine rings is 1. The monoisotopic (exact) mass is 405 g/mol. The molecule has 0 radical (unpaired) electrons. The summed E-state index contributed by atoms with van der Waals surface area (Å²) in [4.78, 5) is 25.2. The minimum absolute atomic E-state index is 0.336. The topological polar surface area (TPSA) is 94.9 Å². The van der Waals surface area contributed by atoms with Crippen LogP contribution in [0.5, 0.6) is 11.5 Å². The third kappa shape index (κ3) is 3.32. The molecule has 1 N–H and O–H groups in total. The van der Waals surface area contributed by atoms with E-state index in [4.69, 9.17) is 4.74 Å². The third-order valence-corrected chi connectivity index (χ3v) is 4.95. The van der Waals surface area contributed by atoms with E-state index in [0.717, 1.165) is 16.8 Å². The summed E-state index contributed by atoms with van der Waals surface area (Å²) in [7, 11) is 0. The van der Waals surface area contributed by atoms with Crippen LogP contribution in [0.1, 0.15) is 5.56 Å². The number of aromatic nitrogens is 3. The number of benzene rings is 3. The van der Waals surface area contributed by atoms with Gasteiger partial charge in [-0.15, -0.1) is 0 Å². The van der Waals surface area contributed by atoms with Crippen molar-refractivity contribution in [3.8, 4) is 17.6 Å². The van der Waals surface area contributed by atoms with Crippen molar-refractivity contribution in [2.45, 2.75) is 0 Å². The van der Waals surface area contributed by atoms with Gasteiger partial charge in [0.1, 0.15) is 23.9 Å². The van der Waals surface area contributed by atoms with Crippen LogP contribution in [0.25, 0.3) is 21.9 Å². The van der Waals surface area contributed by atoms with Crippen molar-refractivity contribution < 1.29 is 9.53 Å². The largest absolute Gasteiger partial charge is 0.457 e. The second-order valence-corrected chi connectivity index (χ2v) is 6.81. The molecular weight excluding hydrogens is 390 g/mol. The molecule has 0 spiro atoms.